The lowest BCUT2D eigenvalue weighted by Gasteiger charge is -2.23. The van der Waals surface area contributed by atoms with Gasteiger partial charge in [-0.3, -0.25) is 9.59 Å². The Hall–Kier alpha value is -3.34. The van der Waals surface area contributed by atoms with Gasteiger partial charge >= 0.3 is 0 Å². The molecular weight excluding hydrogens is 376 g/mol. The Morgan fingerprint density at radius 1 is 1.00 bits per heavy atom. The number of fused-ring (bicyclic) bond motifs is 1. The molecule has 1 N–H and O–H groups in total. The van der Waals surface area contributed by atoms with Gasteiger partial charge in [0, 0.05) is 12.6 Å². The fourth-order valence-corrected chi connectivity index (χ4v) is 3.69. The summed E-state index contributed by atoms with van der Waals surface area (Å²) in [6.45, 7) is 0.572. The molecule has 0 radical (unpaired) electrons. The number of nitrogens with zero attached hydrogens (tertiary/aromatic N) is 1. The van der Waals surface area contributed by atoms with E-state index in [1.54, 1.807) is 7.11 Å². The molecule has 0 aliphatic heterocycles. The lowest BCUT2D eigenvalue weighted by molar-refractivity contribution is -0.133. The molecule has 0 heterocycles. The topological polar surface area (TPSA) is 58.6 Å². The number of benzene rings is 3. The van der Waals surface area contributed by atoms with E-state index in [0.717, 1.165) is 40.5 Å². The molecule has 0 spiro atoms. The molecule has 3 aromatic carbocycles. The quantitative estimate of drug-likeness (QED) is 0.625. The predicted molar refractivity (Wildman–Crippen MR) is 117 cm³/mol. The smallest absolute Gasteiger partial charge is 0.242 e. The molecule has 5 nitrogen and oxygen atoms in total. The second kappa shape index (κ2) is 8.99. The van der Waals surface area contributed by atoms with Crippen molar-refractivity contribution in [3.63, 3.8) is 0 Å². The van der Waals surface area contributed by atoms with Gasteiger partial charge in [0.2, 0.25) is 11.8 Å². The highest BCUT2D eigenvalue weighted by Gasteiger charge is 2.32. The molecule has 4 rings (SSSR count). The molecule has 5 heteroatoms. The highest BCUT2D eigenvalue weighted by Crippen LogP contribution is 2.28. The maximum absolute atomic E-state index is 12.8. The maximum Gasteiger partial charge on any atom is 0.242 e. The van der Waals surface area contributed by atoms with E-state index in [4.69, 9.17) is 4.74 Å². The molecule has 1 aliphatic rings. The van der Waals surface area contributed by atoms with Crippen molar-refractivity contribution in [1.82, 2.24) is 10.2 Å². The van der Waals surface area contributed by atoms with E-state index in [2.05, 4.69) is 5.32 Å². The van der Waals surface area contributed by atoms with Gasteiger partial charge in [0.15, 0.2) is 0 Å². The van der Waals surface area contributed by atoms with E-state index in [0.29, 0.717) is 6.54 Å². The first-order valence-electron chi connectivity index (χ1n) is 10.3. The molecule has 3 aromatic rings. The Labute approximate surface area is 176 Å². The normalized spacial score (nSPS) is 13.1. The van der Waals surface area contributed by atoms with Crippen LogP contribution in [-0.2, 0) is 22.6 Å². The highest BCUT2D eigenvalue weighted by atomic mass is 16.5. The van der Waals surface area contributed by atoms with Crippen molar-refractivity contribution in [1.29, 1.82) is 0 Å². The fraction of sp³-hybridized carbons (Fsp3) is 0.280. The summed E-state index contributed by atoms with van der Waals surface area (Å²) in [5.41, 5.74) is 2.02. The SMILES string of the molecule is COc1ccc(CN(C(=O)CNC(=O)Cc2cccc3ccccc23)C2CC2)cc1. The minimum absolute atomic E-state index is 0.0241. The molecule has 1 saturated carbocycles. The Kier molecular flexibility index (Phi) is 5.98. The Bertz CT molecular complexity index is 1040. The van der Waals surface area contributed by atoms with E-state index < -0.39 is 0 Å². The summed E-state index contributed by atoms with van der Waals surface area (Å²) in [4.78, 5) is 27.2. The molecule has 0 bridgehead atoms. The van der Waals surface area contributed by atoms with Crippen LogP contribution in [-0.4, -0.2) is 36.4 Å². The minimum Gasteiger partial charge on any atom is -0.497 e. The van der Waals surface area contributed by atoms with Gasteiger partial charge < -0.3 is 15.0 Å². The standard InChI is InChI=1S/C25H26N2O3/c1-30-22-13-9-18(10-14-22)17-27(21-11-12-21)25(29)16-26-24(28)15-20-7-4-6-19-5-2-3-8-23(19)20/h2-10,13-14,21H,11-12,15-17H2,1H3,(H,26,28). The van der Waals surface area contributed by atoms with Crippen LogP contribution in [0.15, 0.2) is 66.7 Å². The molecule has 30 heavy (non-hydrogen) atoms. The first-order chi connectivity index (χ1) is 14.6. The molecule has 1 fully saturated rings. The van der Waals surface area contributed by atoms with Crippen LogP contribution >= 0.6 is 0 Å². The highest BCUT2D eigenvalue weighted by molar-refractivity contribution is 5.91. The summed E-state index contributed by atoms with van der Waals surface area (Å²) in [5.74, 6) is 0.614. The van der Waals surface area contributed by atoms with Gasteiger partial charge in [-0.15, -0.1) is 0 Å². The van der Waals surface area contributed by atoms with Gasteiger partial charge in [-0.1, -0.05) is 54.6 Å². The van der Waals surface area contributed by atoms with Gasteiger partial charge in [0.1, 0.15) is 5.75 Å². The van der Waals surface area contributed by atoms with Gasteiger partial charge in [-0.25, -0.2) is 0 Å². The van der Waals surface area contributed by atoms with Gasteiger partial charge in [-0.2, -0.15) is 0 Å². The number of rotatable bonds is 8. The summed E-state index contributed by atoms with van der Waals surface area (Å²) in [6, 6.07) is 22.0. The number of methoxy groups -OCH3 is 1. The number of ether oxygens (including phenoxy) is 1. The van der Waals surface area contributed by atoms with Crippen molar-refractivity contribution < 1.29 is 14.3 Å². The summed E-state index contributed by atoms with van der Waals surface area (Å²) < 4.78 is 5.19. The predicted octanol–water partition coefficient (Wildman–Crippen LogP) is 3.70. The molecule has 154 valence electrons. The number of carbonyl (C=O) groups is 2. The first kappa shape index (κ1) is 20.0. The molecule has 0 atom stereocenters. The van der Waals surface area contributed by atoms with Crippen molar-refractivity contribution in [3.05, 3.63) is 77.9 Å². The van der Waals surface area contributed by atoms with Crippen molar-refractivity contribution in [2.75, 3.05) is 13.7 Å². The average Bonchev–Trinajstić information content (AvgIpc) is 3.62. The van der Waals surface area contributed by atoms with Gasteiger partial charge in [-0.05, 0) is 46.9 Å². The third-order valence-electron chi connectivity index (χ3n) is 5.49. The van der Waals surface area contributed by atoms with Crippen LogP contribution in [0.2, 0.25) is 0 Å². The van der Waals surface area contributed by atoms with E-state index in [9.17, 15) is 9.59 Å². The van der Waals surface area contributed by atoms with Crippen LogP contribution in [0.5, 0.6) is 5.75 Å². The monoisotopic (exact) mass is 402 g/mol. The fourth-order valence-electron chi connectivity index (χ4n) is 3.69. The van der Waals surface area contributed by atoms with Crippen LogP contribution in [0.1, 0.15) is 24.0 Å². The number of carbonyl (C=O) groups excluding carboxylic acids is 2. The molecule has 0 saturated heterocycles. The number of hydrogen-bond donors (Lipinski definition) is 1. The van der Waals surface area contributed by atoms with Crippen molar-refractivity contribution >= 4 is 22.6 Å². The largest absolute Gasteiger partial charge is 0.497 e. The molecule has 0 unspecified atom stereocenters. The van der Waals surface area contributed by atoms with E-state index in [1.165, 1.54) is 0 Å². The zero-order chi connectivity index (χ0) is 20.9. The van der Waals surface area contributed by atoms with Crippen molar-refractivity contribution in [3.8, 4) is 5.75 Å². The van der Waals surface area contributed by atoms with Gasteiger partial charge in [0.05, 0.1) is 20.1 Å². The lowest BCUT2D eigenvalue weighted by Crippen LogP contribution is -2.41. The summed E-state index contributed by atoms with van der Waals surface area (Å²) in [7, 11) is 1.63. The van der Waals surface area contributed by atoms with Gasteiger partial charge in [0.25, 0.3) is 0 Å². The van der Waals surface area contributed by atoms with Crippen LogP contribution in [0.25, 0.3) is 10.8 Å². The van der Waals surface area contributed by atoms with E-state index in [1.807, 2.05) is 71.6 Å². The molecule has 1 aliphatic carbocycles. The molecule has 0 aromatic heterocycles. The van der Waals surface area contributed by atoms with Crippen LogP contribution in [0, 0.1) is 0 Å². The van der Waals surface area contributed by atoms with E-state index in [-0.39, 0.29) is 30.8 Å². The number of nitrogens with one attached hydrogen (secondary N) is 1. The lowest BCUT2D eigenvalue weighted by atomic mass is 10.0. The zero-order valence-corrected chi connectivity index (χ0v) is 17.1. The minimum atomic E-state index is -0.139. The van der Waals surface area contributed by atoms with Crippen molar-refractivity contribution in [2.45, 2.75) is 31.8 Å². The first-order valence-corrected chi connectivity index (χ1v) is 10.3. The van der Waals surface area contributed by atoms with E-state index >= 15 is 0 Å². The van der Waals surface area contributed by atoms with Crippen molar-refractivity contribution in [2.24, 2.45) is 0 Å². The second-order valence-electron chi connectivity index (χ2n) is 7.69. The van der Waals surface area contributed by atoms with Crippen LogP contribution in [0.4, 0.5) is 0 Å². The Morgan fingerprint density at radius 2 is 1.73 bits per heavy atom. The summed E-state index contributed by atoms with van der Waals surface area (Å²) in [6.07, 6.45) is 2.30. The molecule has 2 amide bonds. The molecular formula is C25H26N2O3. The third kappa shape index (κ3) is 4.79. The van der Waals surface area contributed by atoms with Crippen LogP contribution < -0.4 is 10.1 Å². The summed E-state index contributed by atoms with van der Waals surface area (Å²) >= 11 is 0. The Morgan fingerprint density at radius 3 is 2.47 bits per heavy atom. The van der Waals surface area contributed by atoms with Crippen LogP contribution in [0.3, 0.4) is 0 Å². The maximum atomic E-state index is 12.8. The zero-order valence-electron chi connectivity index (χ0n) is 17.1. The third-order valence-corrected chi connectivity index (χ3v) is 5.49. The second-order valence-corrected chi connectivity index (χ2v) is 7.69. The average molecular weight is 402 g/mol. The Balaban J connectivity index is 1.35. The number of amides is 2. The summed E-state index contributed by atoms with van der Waals surface area (Å²) in [5, 5.41) is 4.99. The number of hydrogen-bond acceptors (Lipinski definition) is 3.